The number of hydrogen-bond donors (Lipinski definition) is 0. The zero-order valence-corrected chi connectivity index (χ0v) is 15.0. The van der Waals surface area contributed by atoms with Crippen molar-refractivity contribution in [3.05, 3.63) is 47.6 Å². The van der Waals surface area contributed by atoms with Crippen LogP contribution in [-0.4, -0.2) is 27.7 Å². The van der Waals surface area contributed by atoms with Gasteiger partial charge in [0.1, 0.15) is 6.61 Å². The first-order valence-electron chi connectivity index (χ1n) is 8.65. The van der Waals surface area contributed by atoms with Crippen LogP contribution in [0.1, 0.15) is 57.4 Å². The van der Waals surface area contributed by atoms with Gasteiger partial charge in [0, 0.05) is 12.6 Å². The smallest absolute Gasteiger partial charge is 0.240 e. The largest absolute Gasteiger partial charge is 0.371 e. The summed E-state index contributed by atoms with van der Waals surface area (Å²) in [5.41, 5.74) is 1.63. The van der Waals surface area contributed by atoms with Gasteiger partial charge in [-0.1, -0.05) is 49.3 Å². The zero-order chi connectivity index (χ0) is 17.2. The third kappa shape index (κ3) is 4.22. The summed E-state index contributed by atoms with van der Waals surface area (Å²) in [7, 11) is 0. The molecule has 0 aliphatic carbocycles. The lowest BCUT2D eigenvalue weighted by atomic mass is 9.89. The number of nitrogens with zero attached hydrogens (tertiary/aromatic N) is 3. The van der Waals surface area contributed by atoms with E-state index in [2.05, 4.69) is 59.2 Å². The highest BCUT2D eigenvalue weighted by molar-refractivity contribution is 5.21. The molecule has 2 aromatic rings. The number of benzene rings is 1. The van der Waals surface area contributed by atoms with Gasteiger partial charge in [-0.2, -0.15) is 4.98 Å². The van der Waals surface area contributed by atoms with E-state index in [9.17, 15) is 0 Å². The standard InChI is InChI=1S/C19H27N3O2/c1-14(2)23-12-17-20-18(24-21-17)11-22-13-19(3,4)10-16(22)15-8-6-5-7-9-15/h5-9,14,16H,10-13H2,1-4H3. The van der Waals surface area contributed by atoms with Gasteiger partial charge >= 0.3 is 0 Å². The highest BCUT2D eigenvalue weighted by atomic mass is 16.5. The fourth-order valence-corrected chi connectivity index (χ4v) is 3.37. The molecule has 5 heteroatoms. The Hall–Kier alpha value is -1.72. The van der Waals surface area contributed by atoms with Crippen LogP contribution in [0.15, 0.2) is 34.9 Å². The average molecular weight is 329 g/mol. The molecule has 1 aromatic heterocycles. The van der Waals surface area contributed by atoms with Crippen LogP contribution in [0.4, 0.5) is 0 Å². The molecule has 3 rings (SSSR count). The number of aromatic nitrogens is 2. The molecule has 1 saturated heterocycles. The number of ether oxygens (including phenoxy) is 1. The van der Waals surface area contributed by atoms with E-state index < -0.39 is 0 Å². The Morgan fingerprint density at radius 3 is 2.75 bits per heavy atom. The molecule has 1 atom stereocenters. The van der Waals surface area contributed by atoms with Crippen molar-refractivity contribution in [1.29, 1.82) is 0 Å². The monoisotopic (exact) mass is 329 g/mol. The SMILES string of the molecule is CC(C)OCc1noc(CN2CC(C)(C)CC2c2ccccc2)n1. The lowest BCUT2D eigenvalue weighted by molar-refractivity contribution is 0.0601. The minimum atomic E-state index is 0.161. The first-order valence-corrected chi connectivity index (χ1v) is 8.65. The van der Waals surface area contributed by atoms with Crippen molar-refractivity contribution in [2.24, 2.45) is 5.41 Å². The summed E-state index contributed by atoms with van der Waals surface area (Å²) in [6.45, 7) is 10.7. The van der Waals surface area contributed by atoms with Crippen LogP contribution in [0.3, 0.4) is 0 Å². The van der Waals surface area contributed by atoms with Gasteiger partial charge < -0.3 is 9.26 Å². The normalized spacial score (nSPS) is 20.8. The van der Waals surface area contributed by atoms with Crippen molar-refractivity contribution in [3.8, 4) is 0 Å². The molecule has 0 bridgehead atoms. The van der Waals surface area contributed by atoms with Crippen LogP contribution in [0.2, 0.25) is 0 Å². The summed E-state index contributed by atoms with van der Waals surface area (Å²) in [5, 5.41) is 4.03. The Morgan fingerprint density at radius 1 is 1.29 bits per heavy atom. The zero-order valence-electron chi connectivity index (χ0n) is 15.0. The number of hydrogen-bond acceptors (Lipinski definition) is 5. The Balaban J connectivity index is 1.70. The third-order valence-corrected chi connectivity index (χ3v) is 4.40. The summed E-state index contributed by atoms with van der Waals surface area (Å²) < 4.78 is 11.0. The molecule has 0 radical (unpaired) electrons. The van der Waals surface area contributed by atoms with E-state index in [-0.39, 0.29) is 11.5 Å². The molecule has 5 nitrogen and oxygen atoms in total. The molecule has 130 valence electrons. The minimum Gasteiger partial charge on any atom is -0.371 e. The molecule has 1 aliphatic rings. The van der Waals surface area contributed by atoms with Gasteiger partial charge in [0.05, 0.1) is 12.6 Å². The second-order valence-corrected chi connectivity index (χ2v) is 7.66. The molecule has 0 amide bonds. The first kappa shape index (κ1) is 17.1. The summed E-state index contributed by atoms with van der Waals surface area (Å²) in [4.78, 5) is 6.92. The molecule has 1 fully saturated rings. The molecule has 0 saturated carbocycles. The third-order valence-electron chi connectivity index (χ3n) is 4.40. The Bertz CT molecular complexity index is 652. The number of rotatable bonds is 6. The molecule has 1 aliphatic heterocycles. The van der Waals surface area contributed by atoms with E-state index >= 15 is 0 Å². The van der Waals surface area contributed by atoms with E-state index in [1.807, 2.05) is 13.8 Å². The van der Waals surface area contributed by atoms with E-state index in [1.165, 1.54) is 5.56 Å². The molecule has 0 N–H and O–H groups in total. The van der Waals surface area contributed by atoms with Gasteiger partial charge in [0.2, 0.25) is 5.89 Å². The molecule has 0 spiro atoms. The molecular formula is C19H27N3O2. The van der Waals surface area contributed by atoms with Crippen molar-refractivity contribution >= 4 is 0 Å². The van der Waals surface area contributed by atoms with E-state index in [4.69, 9.17) is 9.26 Å². The van der Waals surface area contributed by atoms with Crippen molar-refractivity contribution in [3.63, 3.8) is 0 Å². The van der Waals surface area contributed by atoms with E-state index in [1.54, 1.807) is 0 Å². The predicted molar refractivity (Wildman–Crippen MR) is 92.2 cm³/mol. The fourth-order valence-electron chi connectivity index (χ4n) is 3.37. The molecular weight excluding hydrogens is 302 g/mol. The predicted octanol–water partition coefficient (Wildman–Crippen LogP) is 3.97. The average Bonchev–Trinajstić information content (AvgIpc) is 3.10. The Kier molecular flexibility index (Phi) is 5.01. The van der Waals surface area contributed by atoms with Crippen LogP contribution in [0, 0.1) is 5.41 Å². The molecule has 24 heavy (non-hydrogen) atoms. The van der Waals surface area contributed by atoms with Crippen LogP contribution in [0.5, 0.6) is 0 Å². The van der Waals surface area contributed by atoms with Crippen molar-refractivity contribution in [1.82, 2.24) is 15.0 Å². The highest BCUT2D eigenvalue weighted by Crippen LogP contribution is 2.43. The van der Waals surface area contributed by atoms with Crippen molar-refractivity contribution in [2.75, 3.05) is 6.54 Å². The van der Waals surface area contributed by atoms with Gasteiger partial charge in [0.15, 0.2) is 5.82 Å². The maximum Gasteiger partial charge on any atom is 0.240 e. The molecule has 2 heterocycles. The van der Waals surface area contributed by atoms with Crippen molar-refractivity contribution in [2.45, 2.75) is 59.4 Å². The van der Waals surface area contributed by atoms with E-state index in [0.717, 1.165) is 13.0 Å². The van der Waals surface area contributed by atoms with Gasteiger partial charge in [-0.3, -0.25) is 4.90 Å². The summed E-state index contributed by atoms with van der Waals surface area (Å²) in [6.07, 6.45) is 1.29. The van der Waals surface area contributed by atoms with Gasteiger partial charge in [0.25, 0.3) is 0 Å². The topological polar surface area (TPSA) is 51.4 Å². The lowest BCUT2D eigenvalue weighted by Crippen LogP contribution is -2.25. The van der Waals surface area contributed by atoms with Gasteiger partial charge in [-0.25, -0.2) is 0 Å². The second-order valence-electron chi connectivity index (χ2n) is 7.66. The van der Waals surface area contributed by atoms with E-state index in [0.29, 0.717) is 30.9 Å². The quantitative estimate of drug-likeness (QED) is 0.802. The lowest BCUT2D eigenvalue weighted by Gasteiger charge is -2.23. The maximum atomic E-state index is 5.54. The fraction of sp³-hybridized carbons (Fsp3) is 0.579. The minimum absolute atomic E-state index is 0.161. The number of likely N-dealkylation sites (tertiary alicyclic amines) is 1. The first-order chi connectivity index (χ1) is 11.4. The second kappa shape index (κ2) is 7.03. The Labute approximate surface area is 144 Å². The summed E-state index contributed by atoms with van der Waals surface area (Å²) >= 11 is 0. The van der Waals surface area contributed by atoms with Crippen molar-refractivity contribution < 1.29 is 9.26 Å². The highest BCUT2D eigenvalue weighted by Gasteiger charge is 2.38. The molecule has 1 aromatic carbocycles. The summed E-state index contributed by atoms with van der Waals surface area (Å²) in [6, 6.07) is 11.1. The maximum absolute atomic E-state index is 5.54. The van der Waals surface area contributed by atoms with Gasteiger partial charge in [-0.15, -0.1) is 0 Å². The molecule has 1 unspecified atom stereocenters. The van der Waals surface area contributed by atoms with Crippen LogP contribution in [0.25, 0.3) is 0 Å². The Morgan fingerprint density at radius 2 is 2.04 bits per heavy atom. The summed E-state index contributed by atoms with van der Waals surface area (Å²) in [5.74, 6) is 1.28. The van der Waals surface area contributed by atoms with Crippen LogP contribution in [-0.2, 0) is 17.9 Å². The van der Waals surface area contributed by atoms with Crippen LogP contribution >= 0.6 is 0 Å². The van der Waals surface area contributed by atoms with Gasteiger partial charge in [-0.05, 0) is 31.2 Å². The van der Waals surface area contributed by atoms with Crippen LogP contribution < -0.4 is 0 Å².